The van der Waals surface area contributed by atoms with E-state index in [2.05, 4.69) is 15.2 Å². The summed E-state index contributed by atoms with van der Waals surface area (Å²) >= 11 is 0. The zero-order valence-corrected chi connectivity index (χ0v) is 15.5. The van der Waals surface area contributed by atoms with Gasteiger partial charge in [-0.25, -0.2) is 4.98 Å². The molecule has 23 heavy (non-hydrogen) atoms. The monoisotopic (exact) mass is 362 g/mol. The van der Waals surface area contributed by atoms with Crippen LogP contribution in [0.4, 0.5) is 11.5 Å². The van der Waals surface area contributed by atoms with Gasteiger partial charge in [-0.1, -0.05) is 13.8 Å². The van der Waals surface area contributed by atoms with Crippen molar-refractivity contribution in [1.82, 2.24) is 4.98 Å². The number of carbonyl (C=O) groups excluding carboxylic acids is 1. The Balaban J connectivity index is 0.00000242. The van der Waals surface area contributed by atoms with E-state index < -0.39 is 5.41 Å². The van der Waals surface area contributed by atoms with Crippen LogP contribution in [0.15, 0.2) is 18.3 Å². The van der Waals surface area contributed by atoms with E-state index >= 15 is 0 Å². The molecule has 1 amide bonds. The molecule has 1 aromatic heterocycles. The van der Waals surface area contributed by atoms with Gasteiger partial charge in [0.2, 0.25) is 5.91 Å². The molecule has 0 bridgehead atoms. The molecule has 0 aromatic carbocycles. The van der Waals surface area contributed by atoms with Crippen LogP contribution in [0.5, 0.6) is 0 Å². The van der Waals surface area contributed by atoms with Crippen molar-refractivity contribution in [2.75, 3.05) is 29.9 Å². The molecule has 5 nitrogen and oxygen atoms in total. The molecule has 0 atom stereocenters. The summed E-state index contributed by atoms with van der Waals surface area (Å²) in [7, 11) is 0. The minimum Gasteiger partial charge on any atom is -0.357 e. The fraction of sp³-hybridized carbons (Fsp3) is 0.625. The van der Waals surface area contributed by atoms with Gasteiger partial charge >= 0.3 is 0 Å². The highest BCUT2D eigenvalue weighted by Gasteiger charge is 2.33. The van der Waals surface area contributed by atoms with Crippen LogP contribution in [0.3, 0.4) is 0 Å². The van der Waals surface area contributed by atoms with Gasteiger partial charge in [0.25, 0.3) is 0 Å². The maximum Gasteiger partial charge on any atom is 0.231 e. The first-order valence-corrected chi connectivity index (χ1v) is 7.87. The van der Waals surface area contributed by atoms with Crippen molar-refractivity contribution in [3.05, 3.63) is 18.3 Å². The SMILES string of the molecule is CCC(CC)(CN)C(=O)Nc1ccc(N2CCCC2)nc1.Cl.Cl. The van der Waals surface area contributed by atoms with E-state index in [1.54, 1.807) is 6.20 Å². The average molecular weight is 363 g/mol. The molecule has 0 saturated carbocycles. The Morgan fingerprint density at radius 1 is 1.26 bits per heavy atom. The van der Waals surface area contributed by atoms with E-state index in [1.165, 1.54) is 12.8 Å². The molecular formula is C16H28Cl2N4O. The van der Waals surface area contributed by atoms with Crippen molar-refractivity contribution in [3.8, 4) is 0 Å². The number of nitrogens with two attached hydrogens (primary N) is 1. The maximum atomic E-state index is 12.4. The second-order valence-corrected chi connectivity index (χ2v) is 5.74. The topological polar surface area (TPSA) is 71.2 Å². The third kappa shape index (κ3) is 4.96. The summed E-state index contributed by atoms with van der Waals surface area (Å²) in [4.78, 5) is 19.2. The van der Waals surface area contributed by atoms with Gasteiger partial charge in [0.1, 0.15) is 5.82 Å². The lowest BCUT2D eigenvalue weighted by molar-refractivity contribution is -0.125. The van der Waals surface area contributed by atoms with Crippen molar-refractivity contribution >= 4 is 42.2 Å². The molecule has 1 aliphatic heterocycles. The lowest BCUT2D eigenvalue weighted by Crippen LogP contribution is -2.41. The number of rotatable bonds is 6. The highest BCUT2D eigenvalue weighted by atomic mass is 35.5. The van der Waals surface area contributed by atoms with Gasteiger partial charge in [-0.3, -0.25) is 4.79 Å². The number of hydrogen-bond donors (Lipinski definition) is 2. The Morgan fingerprint density at radius 3 is 2.30 bits per heavy atom. The quantitative estimate of drug-likeness (QED) is 0.814. The molecule has 1 saturated heterocycles. The minimum atomic E-state index is -0.479. The molecule has 0 unspecified atom stereocenters. The summed E-state index contributed by atoms with van der Waals surface area (Å²) in [6.07, 6.45) is 5.67. The standard InChI is InChI=1S/C16H26N4O.2ClH/c1-3-16(4-2,12-17)15(21)19-13-7-8-14(18-11-13)20-9-5-6-10-20;;/h7-8,11H,3-6,9-10,12,17H2,1-2H3,(H,19,21);2*1H. The summed E-state index contributed by atoms with van der Waals surface area (Å²) in [6, 6.07) is 3.90. The van der Waals surface area contributed by atoms with Gasteiger partial charge in [-0.2, -0.15) is 0 Å². The Kier molecular flexibility index (Phi) is 9.51. The third-order valence-electron chi connectivity index (χ3n) is 4.66. The van der Waals surface area contributed by atoms with E-state index in [1.807, 2.05) is 26.0 Å². The van der Waals surface area contributed by atoms with Crippen molar-refractivity contribution in [2.45, 2.75) is 39.5 Å². The number of pyridine rings is 1. The van der Waals surface area contributed by atoms with E-state index in [9.17, 15) is 4.79 Å². The molecule has 1 aliphatic rings. The molecule has 132 valence electrons. The number of anilines is 2. The van der Waals surface area contributed by atoms with Crippen LogP contribution in [-0.2, 0) is 4.79 Å². The highest BCUT2D eigenvalue weighted by molar-refractivity contribution is 5.95. The first-order chi connectivity index (χ1) is 10.1. The van der Waals surface area contributed by atoms with E-state index in [0.29, 0.717) is 6.54 Å². The van der Waals surface area contributed by atoms with Crippen LogP contribution in [0.1, 0.15) is 39.5 Å². The highest BCUT2D eigenvalue weighted by Crippen LogP contribution is 2.27. The Morgan fingerprint density at radius 2 is 1.87 bits per heavy atom. The summed E-state index contributed by atoms with van der Waals surface area (Å²) in [5, 5.41) is 2.95. The summed E-state index contributed by atoms with van der Waals surface area (Å²) in [6.45, 7) is 6.52. The molecule has 7 heteroatoms. The maximum absolute atomic E-state index is 12.4. The van der Waals surface area contributed by atoms with Crippen LogP contribution >= 0.6 is 24.8 Å². The summed E-state index contributed by atoms with van der Waals surface area (Å²) in [5.41, 5.74) is 6.07. The van der Waals surface area contributed by atoms with Crippen molar-refractivity contribution < 1.29 is 4.79 Å². The van der Waals surface area contributed by atoms with E-state index in [0.717, 1.165) is 37.4 Å². The smallest absolute Gasteiger partial charge is 0.231 e. The Hall–Kier alpha value is -1.04. The van der Waals surface area contributed by atoms with Crippen LogP contribution < -0.4 is 16.0 Å². The second kappa shape index (κ2) is 9.96. The largest absolute Gasteiger partial charge is 0.357 e. The fourth-order valence-electron chi connectivity index (χ4n) is 2.81. The number of hydrogen-bond acceptors (Lipinski definition) is 4. The van der Waals surface area contributed by atoms with Crippen molar-refractivity contribution in [2.24, 2.45) is 11.1 Å². The van der Waals surface area contributed by atoms with E-state index in [4.69, 9.17) is 5.73 Å². The predicted octanol–water partition coefficient (Wildman–Crippen LogP) is 3.23. The fourth-order valence-corrected chi connectivity index (χ4v) is 2.81. The molecule has 1 fully saturated rings. The third-order valence-corrected chi connectivity index (χ3v) is 4.66. The number of nitrogens with one attached hydrogen (secondary N) is 1. The summed E-state index contributed by atoms with van der Waals surface area (Å²) < 4.78 is 0. The van der Waals surface area contributed by atoms with Crippen LogP contribution in [0, 0.1) is 5.41 Å². The van der Waals surface area contributed by atoms with Gasteiger partial charge in [0.05, 0.1) is 17.3 Å². The lowest BCUT2D eigenvalue weighted by Gasteiger charge is -2.28. The molecular weight excluding hydrogens is 335 g/mol. The number of nitrogens with zero attached hydrogens (tertiary/aromatic N) is 2. The Labute approximate surface area is 151 Å². The zero-order chi connectivity index (χ0) is 15.3. The summed E-state index contributed by atoms with van der Waals surface area (Å²) in [5.74, 6) is 0.979. The number of aromatic nitrogens is 1. The number of carbonyl (C=O) groups is 1. The lowest BCUT2D eigenvalue weighted by atomic mass is 9.81. The normalized spacial score (nSPS) is 14.0. The van der Waals surface area contributed by atoms with Gasteiger partial charge in [-0.05, 0) is 37.8 Å². The van der Waals surface area contributed by atoms with Gasteiger partial charge < -0.3 is 16.0 Å². The molecule has 3 N–H and O–H groups in total. The Bertz CT molecular complexity index is 463. The van der Waals surface area contributed by atoms with Crippen molar-refractivity contribution in [1.29, 1.82) is 0 Å². The minimum absolute atomic E-state index is 0. The molecule has 0 radical (unpaired) electrons. The molecule has 0 spiro atoms. The molecule has 2 rings (SSSR count). The zero-order valence-electron chi connectivity index (χ0n) is 13.9. The number of amides is 1. The van der Waals surface area contributed by atoms with Crippen LogP contribution in [0.2, 0.25) is 0 Å². The van der Waals surface area contributed by atoms with E-state index in [-0.39, 0.29) is 30.7 Å². The van der Waals surface area contributed by atoms with Gasteiger partial charge in [0, 0.05) is 19.6 Å². The van der Waals surface area contributed by atoms with Crippen molar-refractivity contribution in [3.63, 3.8) is 0 Å². The van der Waals surface area contributed by atoms with Gasteiger partial charge in [-0.15, -0.1) is 24.8 Å². The molecule has 2 heterocycles. The van der Waals surface area contributed by atoms with Gasteiger partial charge in [0.15, 0.2) is 0 Å². The van der Waals surface area contributed by atoms with Crippen LogP contribution in [-0.4, -0.2) is 30.5 Å². The second-order valence-electron chi connectivity index (χ2n) is 5.74. The predicted molar refractivity (Wildman–Crippen MR) is 101 cm³/mol. The van der Waals surface area contributed by atoms with Crippen LogP contribution in [0.25, 0.3) is 0 Å². The average Bonchev–Trinajstić information content (AvgIpc) is 3.05. The number of halogens is 2. The molecule has 0 aliphatic carbocycles. The first-order valence-electron chi connectivity index (χ1n) is 7.87. The molecule has 1 aromatic rings. The first kappa shape index (κ1) is 22.0.